The van der Waals surface area contributed by atoms with E-state index in [1.807, 2.05) is 0 Å². The molecular formula is C13H12N2O5. The van der Waals surface area contributed by atoms with E-state index in [1.54, 1.807) is 0 Å². The molecule has 0 spiro atoms. The largest absolute Gasteiger partial charge is 0.481 e. The lowest BCUT2D eigenvalue weighted by Crippen LogP contribution is -2.16. The number of rotatable bonds is 4. The molecule has 0 saturated heterocycles. The Balaban J connectivity index is 2.22. The monoisotopic (exact) mass is 276 g/mol. The van der Waals surface area contributed by atoms with Gasteiger partial charge in [0.1, 0.15) is 6.42 Å². The number of carbonyl (C=O) groups is 4. The molecule has 0 unspecified atom stereocenters. The minimum Gasteiger partial charge on any atom is -0.481 e. The van der Waals surface area contributed by atoms with Crippen LogP contribution in [0.15, 0.2) is 18.2 Å². The molecule has 20 heavy (non-hydrogen) atoms. The van der Waals surface area contributed by atoms with Crippen LogP contribution in [0.25, 0.3) is 0 Å². The van der Waals surface area contributed by atoms with E-state index in [0.717, 1.165) is 0 Å². The van der Waals surface area contributed by atoms with Crippen molar-refractivity contribution in [1.82, 2.24) is 0 Å². The van der Waals surface area contributed by atoms with Crippen molar-refractivity contribution in [3.8, 4) is 0 Å². The highest BCUT2D eigenvalue weighted by Crippen LogP contribution is 2.26. The Labute approximate surface area is 114 Å². The first kappa shape index (κ1) is 13.7. The summed E-state index contributed by atoms with van der Waals surface area (Å²) in [7, 11) is 0. The second-order valence-corrected chi connectivity index (χ2v) is 4.35. The molecule has 1 aliphatic heterocycles. The van der Waals surface area contributed by atoms with Gasteiger partial charge in [0.05, 0.1) is 17.8 Å². The number of fused-ring (bicyclic) bond motifs is 1. The highest BCUT2D eigenvalue weighted by molar-refractivity contribution is 6.14. The lowest BCUT2D eigenvalue weighted by atomic mass is 10.0. The van der Waals surface area contributed by atoms with E-state index < -0.39 is 17.8 Å². The fourth-order valence-corrected chi connectivity index (χ4v) is 1.83. The van der Waals surface area contributed by atoms with Gasteiger partial charge in [0.15, 0.2) is 5.78 Å². The summed E-state index contributed by atoms with van der Waals surface area (Å²) in [5, 5.41) is 13.6. The number of aliphatic carboxylic acids is 1. The molecule has 1 aliphatic rings. The molecule has 1 heterocycles. The van der Waals surface area contributed by atoms with Crippen molar-refractivity contribution in [1.29, 1.82) is 0 Å². The average molecular weight is 276 g/mol. The lowest BCUT2D eigenvalue weighted by molar-refractivity contribution is -0.137. The van der Waals surface area contributed by atoms with E-state index in [-0.39, 0.29) is 25.0 Å². The van der Waals surface area contributed by atoms with Crippen molar-refractivity contribution < 1.29 is 24.3 Å². The molecule has 0 atom stereocenters. The van der Waals surface area contributed by atoms with E-state index in [2.05, 4.69) is 10.6 Å². The molecule has 3 N–H and O–H groups in total. The number of hydrogen-bond donors (Lipinski definition) is 3. The van der Waals surface area contributed by atoms with E-state index in [0.29, 0.717) is 16.9 Å². The number of hydrogen-bond acceptors (Lipinski definition) is 4. The Hall–Kier alpha value is -2.70. The van der Waals surface area contributed by atoms with Crippen LogP contribution < -0.4 is 10.6 Å². The van der Waals surface area contributed by atoms with Gasteiger partial charge in [0, 0.05) is 12.0 Å². The number of ketones is 1. The predicted molar refractivity (Wildman–Crippen MR) is 69.5 cm³/mol. The second kappa shape index (κ2) is 5.52. The minimum atomic E-state index is -1.05. The van der Waals surface area contributed by atoms with Crippen LogP contribution in [0.4, 0.5) is 11.4 Å². The zero-order valence-electron chi connectivity index (χ0n) is 10.4. The molecule has 1 aromatic rings. The Bertz CT molecular complexity index is 609. The summed E-state index contributed by atoms with van der Waals surface area (Å²) >= 11 is 0. The molecular weight excluding hydrogens is 264 g/mol. The fourth-order valence-electron chi connectivity index (χ4n) is 1.83. The minimum absolute atomic E-state index is 0.117. The van der Waals surface area contributed by atoms with Crippen molar-refractivity contribution in [3.63, 3.8) is 0 Å². The standard InChI is InChI=1S/C13H12N2O5/c16-10(3-4-13(19)20)7-1-2-8-9(5-7)15-12(18)6-11(17)14-8/h1-2,5H,3-4,6H2,(H,14,17)(H,15,18)(H,19,20). The van der Waals surface area contributed by atoms with Gasteiger partial charge in [0.2, 0.25) is 11.8 Å². The van der Waals surface area contributed by atoms with Crippen molar-refractivity contribution in [2.75, 3.05) is 10.6 Å². The summed E-state index contributed by atoms with van der Waals surface area (Å²) in [6.45, 7) is 0. The fraction of sp³-hybridized carbons (Fsp3) is 0.231. The quantitative estimate of drug-likeness (QED) is 0.561. The summed E-state index contributed by atoms with van der Waals surface area (Å²) < 4.78 is 0. The maximum absolute atomic E-state index is 11.8. The number of carbonyl (C=O) groups excluding carboxylic acids is 3. The van der Waals surface area contributed by atoms with E-state index >= 15 is 0 Å². The summed E-state index contributed by atoms with van der Waals surface area (Å²) in [4.78, 5) is 45.0. The zero-order chi connectivity index (χ0) is 14.7. The normalized spacial score (nSPS) is 13.8. The summed E-state index contributed by atoms with van der Waals surface area (Å²) in [5.41, 5.74) is 1.04. The van der Waals surface area contributed by atoms with Crippen LogP contribution in [-0.4, -0.2) is 28.7 Å². The van der Waals surface area contributed by atoms with Crippen LogP contribution in [0.3, 0.4) is 0 Å². The number of amides is 2. The molecule has 0 fully saturated rings. The number of benzene rings is 1. The topological polar surface area (TPSA) is 113 Å². The number of carboxylic acids is 1. The zero-order valence-corrected chi connectivity index (χ0v) is 10.4. The second-order valence-electron chi connectivity index (χ2n) is 4.35. The Morgan fingerprint density at radius 3 is 2.35 bits per heavy atom. The van der Waals surface area contributed by atoms with Gasteiger partial charge in [-0.05, 0) is 18.2 Å². The van der Waals surface area contributed by atoms with Gasteiger partial charge in [0.25, 0.3) is 0 Å². The van der Waals surface area contributed by atoms with E-state index in [9.17, 15) is 19.2 Å². The smallest absolute Gasteiger partial charge is 0.303 e. The molecule has 2 amide bonds. The van der Waals surface area contributed by atoms with Crippen molar-refractivity contribution in [2.45, 2.75) is 19.3 Å². The first-order valence-corrected chi connectivity index (χ1v) is 5.94. The third-order valence-corrected chi connectivity index (χ3v) is 2.78. The van der Waals surface area contributed by atoms with Gasteiger partial charge < -0.3 is 15.7 Å². The van der Waals surface area contributed by atoms with Crippen molar-refractivity contribution in [2.24, 2.45) is 0 Å². The van der Waals surface area contributed by atoms with Gasteiger partial charge >= 0.3 is 5.97 Å². The maximum atomic E-state index is 11.8. The van der Waals surface area contributed by atoms with Crippen LogP contribution in [0.2, 0.25) is 0 Å². The molecule has 2 rings (SSSR count). The summed E-state index contributed by atoms with van der Waals surface area (Å²) in [6.07, 6.45) is -0.648. The number of nitrogens with one attached hydrogen (secondary N) is 2. The van der Waals surface area contributed by atoms with Crippen LogP contribution in [-0.2, 0) is 14.4 Å². The number of carboxylic acid groups (broad SMARTS) is 1. The van der Waals surface area contributed by atoms with Crippen LogP contribution in [0.5, 0.6) is 0 Å². The molecule has 0 aliphatic carbocycles. The van der Waals surface area contributed by atoms with Crippen molar-refractivity contribution in [3.05, 3.63) is 23.8 Å². The van der Waals surface area contributed by atoms with E-state index in [1.165, 1.54) is 18.2 Å². The molecule has 7 heteroatoms. The molecule has 1 aromatic carbocycles. The van der Waals surface area contributed by atoms with Gasteiger partial charge in [-0.25, -0.2) is 0 Å². The number of Topliss-reactive ketones (excluding diaryl/α,β-unsaturated/α-hetero) is 1. The maximum Gasteiger partial charge on any atom is 0.303 e. The number of anilines is 2. The molecule has 7 nitrogen and oxygen atoms in total. The SMILES string of the molecule is O=C(O)CCC(=O)c1ccc2c(c1)NC(=O)CC(=O)N2. The van der Waals surface area contributed by atoms with Gasteiger partial charge in [-0.15, -0.1) is 0 Å². The first-order valence-electron chi connectivity index (χ1n) is 5.94. The van der Waals surface area contributed by atoms with Gasteiger partial charge in [-0.2, -0.15) is 0 Å². The molecule has 0 aromatic heterocycles. The molecule has 0 radical (unpaired) electrons. The summed E-state index contributed by atoms with van der Waals surface area (Å²) in [5.74, 6) is -2.27. The van der Waals surface area contributed by atoms with Crippen LogP contribution in [0, 0.1) is 0 Å². The third kappa shape index (κ3) is 3.19. The van der Waals surface area contributed by atoms with Gasteiger partial charge in [-0.3, -0.25) is 19.2 Å². The first-order chi connectivity index (χ1) is 9.45. The average Bonchev–Trinajstić information content (AvgIpc) is 2.51. The highest BCUT2D eigenvalue weighted by atomic mass is 16.4. The van der Waals surface area contributed by atoms with Crippen molar-refractivity contribution >= 4 is 34.9 Å². The Morgan fingerprint density at radius 2 is 1.70 bits per heavy atom. The predicted octanol–water partition coefficient (Wildman–Crippen LogP) is 1.01. The molecule has 0 bridgehead atoms. The highest BCUT2D eigenvalue weighted by Gasteiger charge is 2.19. The molecule has 0 saturated carbocycles. The van der Waals surface area contributed by atoms with E-state index in [4.69, 9.17) is 5.11 Å². The van der Waals surface area contributed by atoms with Crippen LogP contribution in [0.1, 0.15) is 29.6 Å². The van der Waals surface area contributed by atoms with Gasteiger partial charge in [-0.1, -0.05) is 0 Å². The van der Waals surface area contributed by atoms with Crippen LogP contribution >= 0.6 is 0 Å². The Morgan fingerprint density at radius 1 is 1.05 bits per heavy atom. The summed E-state index contributed by atoms with van der Waals surface area (Å²) in [6, 6.07) is 4.43. The third-order valence-electron chi connectivity index (χ3n) is 2.78. The Kier molecular flexibility index (Phi) is 3.79. The lowest BCUT2D eigenvalue weighted by Gasteiger charge is -2.08. The molecule has 104 valence electrons.